The van der Waals surface area contributed by atoms with E-state index >= 15 is 0 Å². The summed E-state index contributed by atoms with van der Waals surface area (Å²) in [6.45, 7) is 2.94. The molecule has 0 fully saturated rings. The van der Waals surface area contributed by atoms with Crippen LogP contribution in [-0.2, 0) is 9.47 Å². The minimum absolute atomic E-state index is 0.628. The van der Waals surface area contributed by atoms with Crippen molar-refractivity contribution < 1.29 is 9.47 Å². The molecule has 0 saturated carbocycles. The van der Waals surface area contributed by atoms with Gasteiger partial charge in [0.2, 0.25) is 0 Å². The van der Waals surface area contributed by atoms with Gasteiger partial charge in [-0.05, 0) is 0 Å². The molecular formula is HI3PV-. The maximum Gasteiger partial charge on any atom is -0.321 e. The molecule has 0 aliphatic carbocycles. The zero-order valence-corrected chi connectivity index (χ0v) is 11.0. The maximum atomic E-state index is 2.94. The number of hydrogen-bond donors (Lipinski definition) is 0. The predicted octanol–water partition coefficient (Wildman–Crippen LogP) is 3.25. The largest absolute Gasteiger partial charge is 0.483 e. The molecule has 0 bridgehead atoms. The third-order valence-electron chi connectivity index (χ3n) is 0. The Morgan fingerprint density at radius 1 is 1.20 bits per heavy atom. The Morgan fingerprint density at radius 2 is 1.20 bits per heavy atom. The van der Waals surface area contributed by atoms with Gasteiger partial charge in [-0.2, -0.15) is 0 Å². The molecule has 0 saturated heterocycles. The van der Waals surface area contributed by atoms with Gasteiger partial charge < -0.3 is 28.9 Å². The Hall–Kier alpha value is 3.20. The van der Waals surface area contributed by atoms with Crippen molar-refractivity contribution >= 4 is 68.9 Å². The molecule has 0 spiro atoms. The molecule has 0 rings (SSSR count). The fourth-order valence-corrected chi connectivity index (χ4v) is 0. The average Bonchev–Trinajstić information content (AvgIpc) is 1.46. The van der Waals surface area contributed by atoms with Crippen LogP contribution in [0.4, 0.5) is 0 Å². The smallest absolute Gasteiger partial charge is 0.321 e. The summed E-state index contributed by atoms with van der Waals surface area (Å²) < 4.78 is 0. The molecule has 0 radical (unpaired) electrons. The van der Waals surface area contributed by atoms with Crippen LogP contribution in [0, 0.1) is 0 Å². The molecule has 5 heavy (non-hydrogen) atoms. The summed E-state index contributed by atoms with van der Waals surface area (Å²) in [5, 5.41) is 0. The summed E-state index contributed by atoms with van der Waals surface area (Å²) in [5.74, 6) is 0. The molecule has 33 valence electrons. The summed E-state index contributed by atoms with van der Waals surface area (Å²) in [7, 11) is 0.628. The van der Waals surface area contributed by atoms with Crippen LogP contribution in [0.25, 0.3) is 0 Å². The molecule has 5 heteroatoms. The van der Waals surface area contributed by atoms with E-state index in [-0.39, 0.29) is 0 Å². The van der Waals surface area contributed by atoms with Crippen molar-refractivity contribution in [3.63, 3.8) is 0 Å². The van der Waals surface area contributed by atoms with Crippen molar-refractivity contribution in [2.75, 3.05) is 0 Å². The van der Waals surface area contributed by atoms with Crippen LogP contribution in [-0.4, -0.2) is 0 Å². The molecule has 0 aliphatic heterocycles. The summed E-state index contributed by atoms with van der Waals surface area (Å²) in [5.41, 5.74) is 0. The Morgan fingerprint density at radius 3 is 1.20 bits per heavy atom. The van der Waals surface area contributed by atoms with Crippen LogP contribution < -0.4 is 0 Å². The van der Waals surface area contributed by atoms with Crippen LogP contribution in [0.5, 0.6) is 0 Å². The van der Waals surface area contributed by atoms with Crippen LogP contribution in [0.1, 0.15) is 0 Å². The van der Waals surface area contributed by atoms with Crippen LogP contribution >= 0.6 is 68.9 Å². The Labute approximate surface area is 76.5 Å². The van der Waals surface area contributed by atoms with E-state index in [1.807, 2.05) is 22.0 Å². The minimum atomic E-state index is 0.628. The standard InChI is InChI=1S/HIP.2HI.V/c1-2;;;/h2H;2*1H;/q-1;;;+2/p-2. The van der Waals surface area contributed by atoms with Crippen molar-refractivity contribution in [1.82, 2.24) is 0 Å². The SMILES string of the molecule is [I][V][I].[PH-]I. The Kier molecular flexibility index (Phi) is 34.7. The van der Waals surface area contributed by atoms with E-state index in [0.717, 1.165) is 0 Å². The second kappa shape index (κ2) is 15.7. The van der Waals surface area contributed by atoms with Gasteiger partial charge in [-0.1, -0.05) is 0 Å². The molecule has 0 aromatic heterocycles. The van der Waals surface area contributed by atoms with Crippen molar-refractivity contribution in [3.05, 3.63) is 0 Å². The van der Waals surface area contributed by atoms with E-state index < -0.39 is 0 Å². The molecule has 0 aromatic carbocycles. The first kappa shape index (κ1) is 11.1. The Balaban J connectivity index is 0. The van der Waals surface area contributed by atoms with E-state index in [0.29, 0.717) is 9.47 Å². The molecule has 0 unspecified atom stereocenters. The molecule has 0 nitrogen and oxygen atoms in total. The van der Waals surface area contributed by atoms with Gasteiger partial charge >= 0.3 is 49.4 Å². The average molecular weight is 464 g/mol. The third kappa shape index (κ3) is 19.0. The number of halogens is 3. The van der Waals surface area contributed by atoms with E-state index in [1.165, 1.54) is 0 Å². The summed E-state index contributed by atoms with van der Waals surface area (Å²) in [6, 6.07) is 0. The molecule has 0 N–H and O–H groups in total. The first-order valence-electron chi connectivity index (χ1n) is 0.527. The van der Waals surface area contributed by atoms with Gasteiger partial charge in [0.15, 0.2) is 0 Å². The van der Waals surface area contributed by atoms with Gasteiger partial charge in [0, 0.05) is 0 Å². The number of rotatable bonds is 0. The number of hydrogen-bond acceptors (Lipinski definition) is 0. The quantitative estimate of drug-likeness (QED) is 0.382. The van der Waals surface area contributed by atoms with E-state index in [1.54, 1.807) is 0 Å². The summed E-state index contributed by atoms with van der Waals surface area (Å²) in [6.07, 6.45) is 0. The van der Waals surface area contributed by atoms with Gasteiger partial charge in [-0.25, -0.2) is 0 Å². The second-order valence-electron chi connectivity index (χ2n) is 0.0639. The van der Waals surface area contributed by atoms with Gasteiger partial charge in [0.05, 0.1) is 0 Å². The summed E-state index contributed by atoms with van der Waals surface area (Å²) in [4.78, 5) is 0. The molecule has 0 atom stereocenters. The predicted molar refractivity (Wildman–Crippen MR) is 50.4 cm³/mol. The fourth-order valence-electron chi connectivity index (χ4n) is 0. The normalized spacial score (nSPS) is 4.00. The monoisotopic (exact) mass is 464 g/mol. The van der Waals surface area contributed by atoms with E-state index in [9.17, 15) is 0 Å². The summed E-state index contributed by atoms with van der Waals surface area (Å²) >= 11 is 6.69. The third-order valence-corrected chi connectivity index (χ3v) is 0. The van der Waals surface area contributed by atoms with Gasteiger partial charge in [0.25, 0.3) is 0 Å². The topological polar surface area (TPSA) is 0 Å². The van der Waals surface area contributed by atoms with Crippen LogP contribution in [0.15, 0.2) is 0 Å². The van der Waals surface area contributed by atoms with Crippen LogP contribution in [0.2, 0.25) is 0 Å². The van der Waals surface area contributed by atoms with Crippen molar-refractivity contribution in [2.24, 2.45) is 0 Å². The van der Waals surface area contributed by atoms with E-state index in [2.05, 4.69) is 46.8 Å². The molecule has 0 aromatic rings. The molecule has 0 amide bonds. The van der Waals surface area contributed by atoms with Crippen molar-refractivity contribution in [1.29, 1.82) is 0 Å². The first-order valence-corrected chi connectivity index (χ1v) is 13.2. The second-order valence-corrected chi connectivity index (χ2v) is 11.9. The zero-order valence-electron chi connectivity index (χ0n) is 2.08. The zero-order chi connectivity index (χ0) is 4.71. The Bertz CT molecular complexity index is 6.85. The van der Waals surface area contributed by atoms with Crippen molar-refractivity contribution in [3.8, 4) is 0 Å². The van der Waals surface area contributed by atoms with Gasteiger partial charge in [-0.3, -0.25) is 0 Å². The first-order chi connectivity index (χ1) is 2.41. The van der Waals surface area contributed by atoms with Crippen LogP contribution in [0.3, 0.4) is 0 Å². The fraction of sp³-hybridized carbons (Fsp3) is 0. The maximum absolute atomic E-state index is 2.94. The van der Waals surface area contributed by atoms with Gasteiger partial charge in [-0.15, -0.1) is 0 Å². The molecule has 0 aliphatic rings. The molecule has 0 heterocycles. The van der Waals surface area contributed by atoms with Gasteiger partial charge in [0.1, 0.15) is 0 Å². The van der Waals surface area contributed by atoms with Crippen molar-refractivity contribution in [2.45, 2.75) is 0 Å². The van der Waals surface area contributed by atoms with E-state index in [4.69, 9.17) is 0 Å². The molecular weight excluding hydrogens is 463 g/mol. The minimum Gasteiger partial charge on any atom is -0.483 e.